The molecule has 0 bridgehead atoms. The number of likely N-dealkylation sites (tertiary alicyclic amines) is 1. The van der Waals surface area contributed by atoms with Gasteiger partial charge in [-0.25, -0.2) is 0 Å². The second kappa shape index (κ2) is 6.33. The van der Waals surface area contributed by atoms with Crippen LogP contribution in [0.5, 0.6) is 0 Å². The fourth-order valence-electron chi connectivity index (χ4n) is 2.80. The summed E-state index contributed by atoms with van der Waals surface area (Å²) in [5.41, 5.74) is 2.43. The molecule has 1 aliphatic heterocycles. The van der Waals surface area contributed by atoms with Crippen molar-refractivity contribution in [3.63, 3.8) is 0 Å². The molecular weight excluding hydrogens is 270 g/mol. The van der Waals surface area contributed by atoms with Crippen molar-refractivity contribution in [3.05, 3.63) is 59.1 Å². The summed E-state index contributed by atoms with van der Waals surface area (Å²) in [6.45, 7) is 3.20. The summed E-state index contributed by atoms with van der Waals surface area (Å²) in [6, 6.07) is 8.10. The molecule has 0 saturated carbocycles. The predicted octanol–water partition coefficient (Wildman–Crippen LogP) is 3.19. The van der Waals surface area contributed by atoms with Crippen LogP contribution in [0.1, 0.15) is 17.7 Å². The van der Waals surface area contributed by atoms with Crippen molar-refractivity contribution in [1.29, 1.82) is 0 Å². The Balaban J connectivity index is 1.53. The van der Waals surface area contributed by atoms with Gasteiger partial charge in [-0.15, -0.1) is 0 Å². The van der Waals surface area contributed by atoms with Crippen LogP contribution in [0.25, 0.3) is 0 Å². The van der Waals surface area contributed by atoms with Gasteiger partial charge in [0.2, 0.25) is 0 Å². The van der Waals surface area contributed by atoms with Gasteiger partial charge in [-0.05, 0) is 49.1 Å². The zero-order chi connectivity index (χ0) is 13.8. The lowest BCUT2D eigenvalue weighted by molar-refractivity contribution is 0.312. The van der Waals surface area contributed by atoms with Gasteiger partial charge < -0.3 is 0 Å². The highest BCUT2D eigenvalue weighted by atomic mass is 35.5. The van der Waals surface area contributed by atoms with Crippen molar-refractivity contribution in [2.75, 3.05) is 13.1 Å². The molecule has 1 unspecified atom stereocenters. The molecule has 2 aromatic rings. The molecule has 3 rings (SSSR count). The molecule has 4 heteroatoms. The Bertz CT molecular complexity index is 541. The Morgan fingerprint density at radius 1 is 1.25 bits per heavy atom. The lowest BCUT2D eigenvalue weighted by Crippen LogP contribution is -2.21. The van der Waals surface area contributed by atoms with Gasteiger partial charge in [0, 0.05) is 31.7 Å². The van der Waals surface area contributed by atoms with Crippen LogP contribution in [0.2, 0.25) is 5.02 Å². The zero-order valence-electron chi connectivity index (χ0n) is 11.4. The molecule has 1 aliphatic rings. The Morgan fingerprint density at radius 3 is 2.95 bits per heavy atom. The quantitative estimate of drug-likeness (QED) is 0.865. The first-order valence-electron chi connectivity index (χ1n) is 7.01. The maximum Gasteiger partial charge on any atom is 0.0589 e. The maximum atomic E-state index is 5.86. The molecule has 1 fully saturated rings. The van der Waals surface area contributed by atoms with E-state index in [0.717, 1.165) is 37.7 Å². The van der Waals surface area contributed by atoms with Crippen molar-refractivity contribution < 1.29 is 0 Å². The first kappa shape index (κ1) is 13.5. The minimum atomic E-state index is 0.699. The van der Waals surface area contributed by atoms with Gasteiger partial charge in [0.1, 0.15) is 0 Å². The number of halogens is 1. The van der Waals surface area contributed by atoms with E-state index in [2.05, 4.69) is 20.9 Å². The standard InChI is InChI=1S/C16H18ClN3/c17-15-3-4-16(19-10-15)12-20-7-5-14(11-20)8-13-2-1-6-18-9-13/h1-4,6,9-10,14H,5,7-8,11-12H2. The minimum absolute atomic E-state index is 0.699. The average molecular weight is 288 g/mol. The first-order chi connectivity index (χ1) is 9.79. The summed E-state index contributed by atoms with van der Waals surface area (Å²) in [7, 11) is 0. The van der Waals surface area contributed by atoms with Crippen molar-refractivity contribution in [2.45, 2.75) is 19.4 Å². The van der Waals surface area contributed by atoms with E-state index in [1.54, 1.807) is 6.20 Å². The largest absolute Gasteiger partial charge is 0.297 e. The van der Waals surface area contributed by atoms with Crippen LogP contribution < -0.4 is 0 Å². The molecule has 1 atom stereocenters. The summed E-state index contributed by atoms with van der Waals surface area (Å²) >= 11 is 5.86. The van der Waals surface area contributed by atoms with E-state index in [1.165, 1.54) is 12.0 Å². The number of rotatable bonds is 4. The minimum Gasteiger partial charge on any atom is -0.297 e. The highest BCUT2D eigenvalue weighted by Gasteiger charge is 2.22. The summed E-state index contributed by atoms with van der Waals surface area (Å²) in [5.74, 6) is 0.728. The Hall–Kier alpha value is -1.45. The molecule has 0 aromatic carbocycles. The van der Waals surface area contributed by atoms with Crippen LogP contribution in [0, 0.1) is 5.92 Å². The second-order valence-corrected chi connectivity index (χ2v) is 5.86. The van der Waals surface area contributed by atoms with E-state index in [1.807, 2.05) is 30.6 Å². The third kappa shape index (κ3) is 3.56. The van der Waals surface area contributed by atoms with E-state index in [-0.39, 0.29) is 0 Å². The number of aromatic nitrogens is 2. The number of hydrogen-bond acceptors (Lipinski definition) is 3. The molecule has 0 amide bonds. The average Bonchev–Trinajstić information content (AvgIpc) is 2.90. The fraction of sp³-hybridized carbons (Fsp3) is 0.375. The monoisotopic (exact) mass is 287 g/mol. The molecule has 104 valence electrons. The van der Waals surface area contributed by atoms with Gasteiger partial charge in [-0.1, -0.05) is 17.7 Å². The summed E-state index contributed by atoms with van der Waals surface area (Å²) < 4.78 is 0. The van der Waals surface area contributed by atoms with Crippen molar-refractivity contribution in [3.8, 4) is 0 Å². The molecule has 0 aliphatic carbocycles. The summed E-state index contributed by atoms with van der Waals surface area (Å²) in [4.78, 5) is 11.0. The molecule has 1 saturated heterocycles. The van der Waals surface area contributed by atoms with Crippen LogP contribution in [0.15, 0.2) is 42.9 Å². The number of hydrogen-bond donors (Lipinski definition) is 0. The zero-order valence-corrected chi connectivity index (χ0v) is 12.1. The van der Waals surface area contributed by atoms with Gasteiger partial charge in [-0.3, -0.25) is 14.9 Å². The van der Waals surface area contributed by atoms with Crippen LogP contribution in [0.4, 0.5) is 0 Å². The Labute approximate surface area is 124 Å². The molecule has 3 heterocycles. The molecule has 20 heavy (non-hydrogen) atoms. The normalized spacial score (nSPS) is 19.4. The fourth-order valence-corrected chi connectivity index (χ4v) is 2.92. The third-order valence-corrected chi connectivity index (χ3v) is 4.01. The topological polar surface area (TPSA) is 29.0 Å². The molecule has 3 nitrogen and oxygen atoms in total. The second-order valence-electron chi connectivity index (χ2n) is 5.42. The number of nitrogens with zero attached hydrogens (tertiary/aromatic N) is 3. The molecule has 2 aromatic heterocycles. The molecular formula is C16H18ClN3. The van der Waals surface area contributed by atoms with Crippen LogP contribution in [-0.4, -0.2) is 28.0 Å². The summed E-state index contributed by atoms with van der Waals surface area (Å²) in [5, 5.41) is 0.699. The van der Waals surface area contributed by atoms with E-state index >= 15 is 0 Å². The molecule has 0 spiro atoms. The molecule has 0 radical (unpaired) electrons. The predicted molar refractivity (Wildman–Crippen MR) is 80.6 cm³/mol. The van der Waals surface area contributed by atoms with Crippen molar-refractivity contribution in [2.24, 2.45) is 5.92 Å². The van der Waals surface area contributed by atoms with Crippen molar-refractivity contribution in [1.82, 2.24) is 14.9 Å². The van der Waals surface area contributed by atoms with E-state index in [9.17, 15) is 0 Å². The van der Waals surface area contributed by atoms with Crippen molar-refractivity contribution >= 4 is 11.6 Å². The summed E-state index contributed by atoms with van der Waals surface area (Å²) in [6.07, 6.45) is 7.90. The SMILES string of the molecule is Clc1ccc(CN2CCC(Cc3cccnc3)C2)nc1. The highest BCUT2D eigenvalue weighted by molar-refractivity contribution is 6.30. The molecule has 0 N–H and O–H groups in total. The lowest BCUT2D eigenvalue weighted by atomic mass is 10.0. The van der Waals surface area contributed by atoms with Gasteiger partial charge in [0.05, 0.1) is 10.7 Å². The van der Waals surface area contributed by atoms with Gasteiger partial charge in [-0.2, -0.15) is 0 Å². The Morgan fingerprint density at radius 2 is 2.20 bits per heavy atom. The van der Waals surface area contributed by atoms with Crippen LogP contribution in [-0.2, 0) is 13.0 Å². The first-order valence-corrected chi connectivity index (χ1v) is 7.39. The van der Waals surface area contributed by atoms with E-state index in [4.69, 9.17) is 11.6 Å². The van der Waals surface area contributed by atoms with Gasteiger partial charge in [0.15, 0.2) is 0 Å². The van der Waals surface area contributed by atoms with E-state index in [0.29, 0.717) is 5.02 Å². The van der Waals surface area contributed by atoms with E-state index < -0.39 is 0 Å². The van der Waals surface area contributed by atoms with Crippen LogP contribution >= 0.6 is 11.6 Å². The number of pyridine rings is 2. The Kier molecular flexibility index (Phi) is 4.28. The van der Waals surface area contributed by atoms with Gasteiger partial charge >= 0.3 is 0 Å². The third-order valence-electron chi connectivity index (χ3n) is 3.79. The smallest absolute Gasteiger partial charge is 0.0589 e. The lowest BCUT2D eigenvalue weighted by Gasteiger charge is -2.15. The van der Waals surface area contributed by atoms with Crippen LogP contribution in [0.3, 0.4) is 0 Å². The van der Waals surface area contributed by atoms with Gasteiger partial charge in [0.25, 0.3) is 0 Å². The maximum absolute atomic E-state index is 5.86. The highest BCUT2D eigenvalue weighted by Crippen LogP contribution is 2.22.